The number of halogens is 1. The summed E-state index contributed by atoms with van der Waals surface area (Å²) < 4.78 is 11.9. The number of ether oxygens (including phenoxy) is 2. The summed E-state index contributed by atoms with van der Waals surface area (Å²) in [5.74, 6) is 1.18. The first kappa shape index (κ1) is 19.2. The molecule has 3 rings (SSSR count). The lowest BCUT2D eigenvalue weighted by atomic mass is 9.83. The molecule has 2 atom stereocenters. The minimum absolute atomic E-state index is 0.0451. The van der Waals surface area contributed by atoms with Gasteiger partial charge in [0.15, 0.2) is 0 Å². The Morgan fingerprint density at radius 2 is 2.12 bits per heavy atom. The van der Waals surface area contributed by atoms with Gasteiger partial charge in [-0.05, 0) is 64.7 Å². The van der Waals surface area contributed by atoms with E-state index in [0.717, 1.165) is 28.8 Å². The minimum Gasteiger partial charge on any atom is -0.491 e. The van der Waals surface area contributed by atoms with Crippen LogP contribution in [0.5, 0.6) is 5.75 Å². The van der Waals surface area contributed by atoms with Crippen LogP contribution in [-0.2, 0) is 20.4 Å². The van der Waals surface area contributed by atoms with Crippen LogP contribution in [0, 0.1) is 5.92 Å². The first-order valence-corrected chi connectivity index (χ1v) is 9.97. The molecule has 0 spiro atoms. The topological polar surface area (TPSA) is 35.5 Å². The summed E-state index contributed by atoms with van der Waals surface area (Å²) in [5, 5.41) is 0. The van der Waals surface area contributed by atoms with Crippen molar-refractivity contribution in [1.82, 2.24) is 0 Å². The van der Waals surface area contributed by atoms with Crippen molar-refractivity contribution in [2.45, 2.75) is 51.9 Å². The molecule has 0 radical (unpaired) electrons. The van der Waals surface area contributed by atoms with Crippen LogP contribution in [-0.4, -0.2) is 19.2 Å². The van der Waals surface area contributed by atoms with Gasteiger partial charge in [0.25, 0.3) is 0 Å². The summed E-state index contributed by atoms with van der Waals surface area (Å²) in [4.78, 5) is 11.5. The third kappa shape index (κ3) is 3.62. The maximum absolute atomic E-state index is 11.5. The average molecular weight is 419 g/mol. The second kappa shape index (κ2) is 6.88. The van der Waals surface area contributed by atoms with Crippen LogP contribution in [0.15, 0.2) is 40.4 Å². The van der Waals surface area contributed by atoms with E-state index < -0.39 is 0 Å². The highest BCUT2D eigenvalue weighted by molar-refractivity contribution is 9.10. The average Bonchev–Trinajstić information content (AvgIpc) is 3.12. The van der Waals surface area contributed by atoms with Crippen molar-refractivity contribution in [1.29, 1.82) is 0 Å². The molecule has 1 aromatic rings. The van der Waals surface area contributed by atoms with E-state index in [9.17, 15) is 4.79 Å². The molecule has 1 aliphatic heterocycles. The quantitative estimate of drug-likeness (QED) is 0.361. The highest BCUT2D eigenvalue weighted by Gasteiger charge is 2.50. The Morgan fingerprint density at radius 3 is 2.81 bits per heavy atom. The van der Waals surface area contributed by atoms with Gasteiger partial charge in [-0.2, -0.15) is 0 Å². The Bertz CT molecular complexity index is 791. The Morgan fingerprint density at radius 1 is 1.38 bits per heavy atom. The van der Waals surface area contributed by atoms with E-state index in [0.29, 0.717) is 12.5 Å². The second-order valence-electron chi connectivity index (χ2n) is 8.23. The first-order valence-electron chi connectivity index (χ1n) is 9.18. The van der Waals surface area contributed by atoms with Crippen LogP contribution in [0.1, 0.15) is 52.2 Å². The lowest BCUT2D eigenvalue weighted by Gasteiger charge is -2.19. The van der Waals surface area contributed by atoms with Crippen molar-refractivity contribution in [2.24, 2.45) is 5.92 Å². The molecule has 0 bridgehead atoms. The number of rotatable bonds is 5. The van der Waals surface area contributed by atoms with E-state index >= 15 is 0 Å². The van der Waals surface area contributed by atoms with Crippen LogP contribution < -0.4 is 4.74 Å². The molecule has 140 valence electrons. The Hall–Kier alpha value is -1.55. The van der Waals surface area contributed by atoms with Crippen LogP contribution >= 0.6 is 15.9 Å². The van der Waals surface area contributed by atoms with Crippen LogP contribution in [0.4, 0.5) is 0 Å². The van der Waals surface area contributed by atoms with Crippen molar-refractivity contribution in [3.8, 4) is 5.75 Å². The lowest BCUT2D eigenvalue weighted by Crippen LogP contribution is -2.18. The zero-order chi connectivity index (χ0) is 19.1. The molecule has 0 unspecified atom stereocenters. The van der Waals surface area contributed by atoms with E-state index in [1.165, 1.54) is 11.1 Å². The van der Waals surface area contributed by atoms with Gasteiger partial charge < -0.3 is 9.47 Å². The standard InChI is InChI=1S/C22H27BrO3/c1-6-25-19(24)9-14(2)7-8-15-12-22(15,5)16-10-17-20(18(23)11-16)26-13-21(17,3)4/h7-11,15H,6,12-13H2,1-5H3/b8-7+,14-9+/t15-,22+/m1/s1. The molecule has 1 aromatic carbocycles. The van der Waals surface area contributed by atoms with Crippen molar-refractivity contribution in [3.05, 3.63) is 51.5 Å². The first-order chi connectivity index (χ1) is 12.2. The Labute approximate surface area is 164 Å². The van der Waals surface area contributed by atoms with Gasteiger partial charge in [-0.25, -0.2) is 4.79 Å². The number of hydrogen-bond acceptors (Lipinski definition) is 3. The molecule has 1 saturated carbocycles. The van der Waals surface area contributed by atoms with Gasteiger partial charge in [0, 0.05) is 17.1 Å². The van der Waals surface area contributed by atoms with Crippen LogP contribution in [0.3, 0.4) is 0 Å². The van der Waals surface area contributed by atoms with E-state index in [4.69, 9.17) is 9.47 Å². The van der Waals surface area contributed by atoms with E-state index in [2.05, 4.69) is 54.9 Å². The number of esters is 1. The minimum atomic E-state index is -0.280. The number of fused-ring (bicyclic) bond motifs is 1. The smallest absolute Gasteiger partial charge is 0.330 e. The zero-order valence-electron chi connectivity index (χ0n) is 16.2. The monoisotopic (exact) mass is 418 g/mol. The van der Waals surface area contributed by atoms with Gasteiger partial charge in [-0.1, -0.05) is 39.0 Å². The molecular formula is C22H27BrO3. The summed E-state index contributed by atoms with van der Waals surface area (Å²) in [6, 6.07) is 4.53. The summed E-state index contributed by atoms with van der Waals surface area (Å²) in [6.45, 7) is 11.6. The highest BCUT2D eigenvalue weighted by atomic mass is 79.9. The Balaban J connectivity index is 1.77. The van der Waals surface area contributed by atoms with Gasteiger partial charge in [-0.3, -0.25) is 0 Å². The van der Waals surface area contributed by atoms with E-state index in [1.807, 2.05) is 19.9 Å². The number of allylic oxidation sites excluding steroid dienone is 3. The third-order valence-corrected chi connectivity index (χ3v) is 6.12. The van der Waals surface area contributed by atoms with Crippen molar-refractivity contribution in [2.75, 3.05) is 13.2 Å². The van der Waals surface area contributed by atoms with Crippen LogP contribution in [0.25, 0.3) is 0 Å². The fraction of sp³-hybridized carbons (Fsp3) is 0.500. The summed E-state index contributed by atoms with van der Waals surface area (Å²) in [5.41, 5.74) is 3.74. The van der Waals surface area contributed by atoms with Crippen LogP contribution in [0.2, 0.25) is 0 Å². The largest absolute Gasteiger partial charge is 0.491 e. The normalized spacial score (nSPS) is 26.5. The predicted molar refractivity (Wildman–Crippen MR) is 108 cm³/mol. The molecule has 0 aromatic heterocycles. The third-order valence-electron chi connectivity index (χ3n) is 5.54. The Kier molecular flexibility index (Phi) is 5.08. The predicted octanol–water partition coefficient (Wildman–Crippen LogP) is 5.46. The molecule has 4 heteroatoms. The van der Waals surface area contributed by atoms with E-state index in [-0.39, 0.29) is 16.8 Å². The summed E-state index contributed by atoms with van der Waals surface area (Å²) in [6.07, 6.45) is 6.91. The molecular weight excluding hydrogens is 392 g/mol. The molecule has 1 fully saturated rings. The van der Waals surface area contributed by atoms with Crippen molar-refractivity contribution >= 4 is 21.9 Å². The SMILES string of the molecule is CCOC(=O)/C=C(C)/C=C/[C@@H]1C[C@]1(C)c1cc(Br)c2c(c1)C(C)(C)CO2. The number of carbonyl (C=O) groups excluding carboxylic acids is 1. The number of benzene rings is 1. The molecule has 2 aliphatic rings. The molecule has 0 amide bonds. The van der Waals surface area contributed by atoms with Gasteiger partial charge in [-0.15, -0.1) is 0 Å². The fourth-order valence-corrected chi connectivity index (χ4v) is 4.17. The molecule has 0 N–H and O–H groups in total. The fourth-order valence-electron chi connectivity index (χ4n) is 3.60. The number of hydrogen-bond donors (Lipinski definition) is 0. The summed E-state index contributed by atoms with van der Waals surface area (Å²) >= 11 is 3.69. The molecule has 26 heavy (non-hydrogen) atoms. The van der Waals surface area contributed by atoms with E-state index in [1.54, 1.807) is 6.08 Å². The molecule has 1 aliphatic carbocycles. The van der Waals surface area contributed by atoms with Gasteiger partial charge in [0.1, 0.15) is 5.75 Å². The maximum Gasteiger partial charge on any atom is 0.330 e. The molecule has 0 saturated heterocycles. The summed E-state index contributed by atoms with van der Waals surface area (Å²) in [7, 11) is 0. The van der Waals surface area contributed by atoms with Gasteiger partial charge in [0.05, 0.1) is 17.7 Å². The lowest BCUT2D eigenvalue weighted by molar-refractivity contribution is -0.137. The van der Waals surface area contributed by atoms with Crippen molar-refractivity contribution < 1.29 is 14.3 Å². The second-order valence-corrected chi connectivity index (χ2v) is 9.09. The zero-order valence-corrected chi connectivity index (χ0v) is 17.8. The van der Waals surface area contributed by atoms with Crippen molar-refractivity contribution in [3.63, 3.8) is 0 Å². The maximum atomic E-state index is 11.5. The number of carbonyl (C=O) groups is 1. The van der Waals surface area contributed by atoms with Gasteiger partial charge in [0.2, 0.25) is 0 Å². The molecule has 1 heterocycles. The molecule has 3 nitrogen and oxygen atoms in total. The van der Waals surface area contributed by atoms with Gasteiger partial charge >= 0.3 is 5.97 Å². The highest BCUT2D eigenvalue weighted by Crippen LogP contribution is 2.57.